The summed E-state index contributed by atoms with van der Waals surface area (Å²) in [7, 11) is 0. The van der Waals surface area contributed by atoms with E-state index in [4.69, 9.17) is 11.0 Å². The molecule has 0 aliphatic carbocycles. The standard InChI is InChI=1S/C8H6F3N3O/c1-4-2-6(15-8(9,10)11)14-5(3-12)7(4)13/h2H,13H2,1H3. The largest absolute Gasteiger partial charge is 0.574 e. The van der Waals surface area contributed by atoms with Crippen molar-refractivity contribution in [1.29, 1.82) is 5.26 Å². The Morgan fingerprint density at radius 2 is 2.13 bits per heavy atom. The van der Waals surface area contributed by atoms with Gasteiger partial charge in [-0.3, -0.25) is 0 Å². The summed E-state index contributed by atoms with van der Waals surface area (Å²) >= 11 is 0. The number of aryl methyl sites for hydroxylation is 1. The third-order valence-corrected chi connectivity index (χ3v) is 1.57. The van der Waals surface area contributed by atoms with Gasteiger partial charge < -0.3 is 10.5 Å². The Kier molecular flexibility index (Phi) is 2.70. The van der Waals surface area contributed by atoms with Crippen molar-refractivity contribution < 1.29 is 17.9 Å². The van der Waals surface area contributed by atoms with Crippen molar-refractivity contribution in [3.8, 4) is 11.9 Å². The van der Waals surface area contributed by atoms with Crippen LogP contribution in [0.1, 0.15) is 11.3 Å². The number of nitrogens with two attached hydrogens (primary N) is 1. The molecule has 7 heteroatoms. The molecule has 0 fully saturated rings. The van der Waals surface area contributed by atoms with Gasteiger partial charge in [0.2, 0.25) is 5.88 Å². The maximum absolute atomic E-state index is 11.8. The zero-order chi connectivity index (χ0) is 11.6. The molecular formula is C8H6F3N3O. The second kappa shape index (κ2) is 3.65. The maximum Gasteiger partial charge on any atom is 0.574 e. The number of hydrogen-bond donors (Lipinski definition) is 1. The van der Waals surface area contributed by atoms with Gasteiger partial charge in [-0.1, -0.05) is 0 Å². The van der Waals surface area contributed by atoms with Gasteiger partial charge in [0.05, 0.1) is 5.69 Å². The molecule has 0 saturated carbocycles. The Hall–Kier alpha value is -1.97. The first-order valence-corrected chi connectivity index (χ1v) is 3.76. The maximum atomic E-state index is 11.8. The number of pyridine rings is 1. The molecule has 2 N–H and O–H groups in total. The summed E-state index contributed by atoms with van der Waals surface area (Å²) in [5, 5.41) is 8.54. The minimum absolute atomic E-state index is 0.0482. The van der Waals surface area contributed by atoms with Gasteiger partial charge in [-0.15, -0.1) is 13.2 Å². The Labute approximate surface area is 83.1 Å². The van der Waals surface area contributed by atoms with Crippen LogP contribution in [-0.4, -0.2) is 11.3 Å². The van der Waals surface area contributed by atoms with Crippen LogP contribution >= 0.6 is 0 Å². The third kappa shape index (κ3) is 2.74. The molecular weight excluding hydrogens is 211 g/mol. The number of alkyl halides is 3. The highest BCUT2D eigenvalue weighted by molar-refractivity contribution is 5.56. The van der Waals surface area contributed by atoms with Crippen LogP contribution in [0.15, 0.2) is 6.07 Å². The molecule has 0 saturated heterocycles. The smallest absolute Gasteiger partial charge is 0.396 e. The lowest BCUT2D eigenvalue weighted by molar-refractivity contribution is -0.276. The lowest BCUT2D eigenvalue weighted by Crippen LogP contribution is -2.18. The fraction of sp³-hybridized carbons (Fsp3) is 0.250. The fourth-order valence-corrected chi connectivity index (χ4v) is 0.908. The lowest BCUT2D eigenvalue weighted by atomic mass is 10.2. The summed E-state index contributed by atoms with van der Waals surface area (Å²) in [5.41, 5.74) is 5.48. The van der Waals surface area contributed by atoms with Gasteiger partial charge in [-0.2, -0.15) is 5.26 Å². The van der Waals surface area contributed by atoms with E-state index in [2.05, 4.69) is 9.72 Å². The Bertz CT molecular complexity index is 422. The van der Waals surface area contributed by atoms with Crippen LogP contribution in [0.25, 0.3) is 0 Å². The van der Waals surface area contributed by atoms with E-state index in [1.165, 1.54) is 6.92 Å². The first-order valence-electron chi connectivity index (χ1n) is 3.76. The normalized spacial score (nSPS) is 10.9. The van der Waals surface area contributed by atoms with Crippen LogP contribution in [0, 0.1) is 18.3 Å². The molecule has 1 heterocycles. The highest BCUT2D eigenvalue weighted by Gasteiger charge is 2.32. The van der Waals surface area contributed by atoms with Crippen LogP contribution in [0.2, 0.25) is 0 Å². The molecule has 0 aliphatic rings. The first kappa shape index (κ1) is 11.1. The van der Waals surface area contributed by atoms with Crippen LogP contribution in [0.5, 0.6) is 5.88 Å². The van der Waals surface area contributed by atoms with Crippen LogP contribution in [0.4, 0.5) is 18.9 Å². The molecule has 0 amide bonds. The second-order valence-corrected chi connectivity index (χ2v) is 2.70. The topological polar surface area (TPSA) is 71.9 Å². The quantitative estimate of drug-likeness (QED) is 0.777. The predicted octanol–water partition coefficient (Wildman–Crippen LogP) is 1.74. The summed E-state index contributed by atoms with van der Waals surface area (Å²) in [5.74, 6) is -0.689. The van der Waals surface area contributed by atoms with Gasteiger partial charge in [0.15, 0.2) is 5.69 Å². The first-order chi connectivity index (χ1) is 6.83. The van der Waals surface area contributed by atoms with Crippen molar-refractivity contribution in [3.63, 3.8) is 0 Å². The lowest BCUT2D eigenvalue weighted by Gasteiger charge is -2.09. The number of hydrogen-bond acceptors (Lipinski definition) is 4. The molecule has 1 aromatic heterocycles. The Balaban J connectivity index is 3.13. The number of anilines is 1. The van der Waals surface area contributed by atoms with E-state index in [0.717, 1.165) is 6.07 Å². The number of halogens is 3. The predicted molar refractivity (Wildman–Crippen MR) is 44.8 cm³/mol. The van der Waals surface area contributed by atoms with Crippen molar-refractivity contribution in [2.75, 3.05) is 5.73 Å². The summed E-state index contributed by atoms with van der Waals surface area (Å²) in [6, 6.07) is 2.60. The molecule has 1 aromatic rings. The summed E-state index contributed by atoms with van der Waals surface area (Å²) in [6.07, 6.45) is -4.83. The van der Waals surface area contributed by atoms with Crippen molar-refractivity contribution in [3.05, 3.63) is 17.3 Å². The van der Waals surface area contributed by atoms with E-state index in [0.29, 0.717) is 5.56 Å². The second-order valence-electron chi connectivity index (χ2n) is 2.70. The van der Waals surface area contributed by atoms with Crippen molar-refractivity contribution in [2.45, 2.75) is 13.3 Å². The minimum atomic E-state index is -4.83. The zero-order valence-corrected chi connectivity index (χ0v) is 7.59. The van der Waals surface area contributed by atoms with Gasteiger partial charge in [-0.25, -0.2) is 4.98 Å². The average Bonchev–Trinajstić information content (AvgIpc) is 2.08. The molecule has 0 radical (unpaired) electrons. The highest BCUT2D eigenvalue weighted by Crippen LogP contribution is 2.25. The monoisotopic (exact) mass is 217 g/mol. The molecule has 1 rings (SSSR count). The fourth-order valence-electron chi connectivity index (χ4n) is 0.908. The van der Waals surface area contributed by atoms with Crippen LogP contribution in [-0.2, 0) is 0 Å². The highest BCUT2D eigenvalue weighted by atomic mass is 19.4. The number of nitriles is 1. The van der Waals surface area contributed by atoms with Crippen LogP contribution < -0.4 is 10.5 Å². The summed E-state index contributed by atoms with van der Waals surface area (Å²) < 4.78 is 39.1. The molecule has 0 atom stereocenters. The number of aromatic nitrogens is 1. The SMILES string of the molecule is Cc1cc(OC(F)(F)F)nc(C#N)c1N. The van der Waals surface area contributed by atoms with Crippen LogP contribution in [0.3, 0.4) is 0 Å². The number of ether oxygens (including phenoxy) is 1. The molecule has 0 spiro atoms. The van der Waals surface area contributed by atoms with Gasteiger partial charge in [-0.05, 0) is 12.5 Å². The van der Waals surface area contributed by atoms with E-state index in [-0.39, 0.29) is 11.4 Å². The summed E-state index contributed by atoms with van der Waals surface area (Å²) in [6.45, 7) is 1.46. The van der Waals surface area contributed by atoms with E-state index in [1.54, 1.807) is 6.07 Å². The molecule has 15 heavy (non-hydrogen) atoms. The number of nitrogens with zero attached hydrogens (tertiary/aromatic N) is 2. The van der Waals surface area contributed by atoms with Crippen molar-refractivity contribution >= 4 is 5.69 Å². The zero-order valence-electron chi connectivity index (χ0n) is 7.59. The van der Waals surface area contributed by atoms with E-state index >= 15 is 0 Å². The van der Waals surface area contributed by atoms with Crippen molar-refractivity contribution in [1.82, 2.24) is 4.98 Å². The third-order valence-electron chi connectivity index (χ3n) is 1.57. The number of nitrogen functional groups attached to an aromatic ring is 1. The molecule has 0 aliphatic heterocycles. The minimum Gasteiger partial charge on any atom is -0.396 e. The average molecular weight is 217 g/mol. The van der Waals surface area contributed by atoms with E-state index in [9.17, 15) is 13.2 Å². The van der Waals surface area contributed by atoms with Crippen molar-refractivity contribution in [2.24, 2.45) is 0 Å². The molecule has 0 aromatic carbocycles. The van der Waals surface area contributed by atoms with Gasteiger partial charge in [0, 0.05) is 6.07 Å². The number of rotatable bonds is 1. The van der Waals surface area contributed by atoms with Gasteiger partial charge >= 0.3 is 6.36 Å². The molecule has 0 unspecified atom stereocenters. The van der Waals surface area contributed by atoms with E-state index < -0.39 is 12.2 Å². The van der Waals surface area contributed by atoms with Gasteiger partial charge in [0.1, 0.15) is 6.07 Å². The molecule has 0 bridgehead atoms. The molecule has 4 nitrogen and oxygen atoms in total. The Morgan fingerprint density at radius 3 is 2.60 bits per heavy atom. The summed E-state index contributed by atoms with van der Waals surface area (Å²) in [4.78, 5) is 3.31. The Morgan fingerprint density at radius 1 is 1.53 bits per heavy atom. The van der Waals surface area contributed by atoms with Gasteiger partial charge in [0.25, 0.3) is 0 Å². The molecule has 80 valence electrons. The van der Waals surface area contributed by atoms with E-state index in [1.807, 2.05) is 0 Å².